The Morgan fingerprint density at radius 3 is 2.38 bits per heavy atom. The molecule has 122 valence electrons. The van der Waals surface area contributed by atoms with E-state index in [4.69, 9.17) is 4.11 Å². The summed E-state index contributed by atoms with van der Waals surface area (Å²) in [4.78, 5) is 4.53. The van der Waals surface area contributed by atoms with Crippen LogP contribution in [0.1, 0.15) is 9.68 Å². The molecule has 3 rings (SSSR count). The topological polar surface area (TPSA) is 12.9 Å². The zero-order valence-corrected chi connectivity index (χ0v) is 16.2. The number of aromatic nitrogens is 1. The molecule has 0 saturated heterocycles. The van der Waals surface area contributed by atoms with Crippen LogP contribution in [0.25, 0.3) is 22.4 Å². The van der Waals surface area contributed by atoms with E-state index in [1.54, 1.807) is 24.4 Å². The molecule has 1 heterocycles. The van der Waals surface area contributed by atoms with Gasteiger partial charge in [0.2, 0.25) is 0 Å². The van der Waals surface area contributed by atoms with Crippen LogP contribution < -0.4 is 4.40 Å². The maximum atomic E-state index is 14.4. The summed E-state index contributed by atoms with van der Waals surface area (Å²) in [6.45, 7) is -2.20. The monoisotopic (exact) mass is 384 g/mol. The van der Waals surface area contributed by atoms with E-state index in [0.717, 1.165) is 9.96 Å². The van der Waals surface area contributed by atoms with Crippen molar-refractivity contribution in [2.24, 2.45) is 0 Å². The molecule has 0 aliphatic rings. The first-order valence-electron chi connectivity index (χ1n) is 9.44. The van der Waals surface area contributed by atoms with Gasteiger partial charge in [0.1, 0.15) is 0 Å². The van der Waals surface area contributed by atoms with Gasteiger partial charge >= 0.3 is 150 Å². The van der Waals surface area contributed by atoms with E-state index in [2.05, 4.69) is 22.3 Å². The Balaban J connectivity index is 2.15. The van der Waals surface area contributed by atoms with Crippen LogP contribution in [-0.4, -0.2) is 18.3 Å². The zero-order valence-electron chi connectivity index (χ0n) is 17.1. The number of hydrogen-bond donors (Lipinski definition) is 0. The van der Waals surface area contributed by atoms with E-state index in [0.29, 0.717) is 22.4 Å². The second-order valence-electron chi connectivity index (χ2n) is 6.93. The van der Waals surface area contributed by atoms with Gasteiger partial charge in [-0.2, -0.15) is 0 Å². The number of aryl methyl sites for hydroxylation is 1. The van der Waals surface area contributed by atoms with Crippen molar-refractivity contribution in [2.45, 2.75) is 24.1 Å². The molecule has 0 amide bonds. The Bertz CT molecular complexity index is 963. The van der Waals surface area contributed by atoms with Crippen LogP contribution in [-0.2, 0) is 0 Å². The Kier molecular flexibility index (Phi) is 3.63. The van der Waals surface area contributed by atoms with E-state index in [-0.39, 0.29) is 5.82 Å². The molecule has 3 aromatic rings. The Morgan fingerprint density at radius 2 is 1.71 bits per heavy atom. The first-order valence-corrected chi connectivity index (χ1v) is 15.3. The summed E-state index contributed by atoms with van der Waals surface area (Å²) in [5, 5.41) is 0. The maximum absolute atomic E-state index is 14.4. The van der Waals surface area contributed by atoms with Crippen molar-refractivity contribution < 1.29 is 8.50 Å². The second-order valence-corrected chi connectivity index (χ2v) is 17.5. The van der Waals surface area contributed by atoms with Gasteiger partial charge in [-0.3, -0.25) is 0 Å². The number of hydrogen-bond acceptors (Lipinski definition) is 1. The summed E-state index contributed by atoms with van der Waals surface area (Å²) in [6.07, 6.45) is 1.71. The van der Waals surface area contributed by atoms with Gasteiger partial charge in [-0.15, -0.1) is 0 Å². The fourth-order valence-corrected chi connectivity index (χ4v) is 5.53. The van der Waals surface area contributed by atoms with Crippen LogP contribution in [0, 0.1) is 12.7 Å². The first-order chi connectivity index (χ1) is 12.6. The van der Waals surface area contributed by atoms with Gasteiger partial charge in [-0.1, -0.05) is 0 Å². The zero-order chi connectivity index (χ0) is 19.8. The predicted octanol–water partition coefficient (Wildman–Crippen LogP) is 5.41. The SMILES string of the molecule is [2H]C([2H])([2H])c1cc(-c2ccc(F)c(-c3ccccc3)c2)nc[c]1[Ge]([CH3])([CH3])[CH3]. The van der Waals surface area contributed by atoms with Crippen LogP contribution in [0.3, 0.4) is 0 Å². The second kappa shape index (κ2) is 6.52. The average molecular weight is 383 g/mol. The van der Waals surface area contributed by atoms with Crippen molar-refractivity contribution in [1.29, 1.82) is 0 Å². The molecule has 3 heteroatoms. The standard InChI is InChI=1S/C21H22FGeN/c1-15-12-21(24-14-20(15)23(2,3)4)17-10-11-19(22)18(13-17)16-8-6-5-7-9-16/h5-14H,1-4H3/i1D3. The summed E-state index contributed by atoms with van der Waals surface area (Å²) >= 11 is -2.40. The molecule has 2 aromatic carbocycles. The van der Waals surface area contributed by atoms with Crippen molar-refractivity contribution in [3.8, 4) is 22.4 Å². The van der Waals surface area contributed by atoms with Crippen LogP contribution in [0.5, 0.6) is 0 Å². The fraction of sp³-hybridized carbons (Fsp3) is 0.190. The van der Waals surface area contributed by atoms with Gasteiger partial charge in [0, 0.05) is 0 Å². The van der Waals surface area contributed by atoms with Crippen LogP contribution in [0.4, 0.5) is 4.39 Å². The van der Waals surface area contributed by atoms with E-state index in [1.165, 1.54) is 6.07 Å². The number of benzene rings is 2. The Hall–Kier alpha value is -1.94. The fourth-order valence-electron chi connectivity index (χ4n) is 2.73. The third kappa shape index (κ3) is 3.44. The summed E-state index contributed by atoms with van der Waals surface area (Å²) in [5.74, 6) is 6.13. The average Bonchev–Trinajstić information content (AvgIpc) is 2.61. The molecule has 1 nitrogen and oxygen atoms in total. The van der Waals surface area contributed by atoms with Crippen molar-refractivity contribution >= 4 is 17.7 Å². The van der Waals surface area contributed by atoms with Crippen molar-refractivity contribution in [3.05, 3.63) is 72.2 Å². The predicted molar refractivity (Wildman–Crippen MR) is 103 cm³/mol. The molecule has 0 atom stereocenters. The van der Waals surface area contributed by atoms with Crippen LogP contribution >= 0.6 is 0 Å². The van der Waals surface area contributed by atoms with Gasteiger partial charge < -0.3 is 0 Å². The van der Waals surface area contributed by atoms with E-state index >= 15 is 0 Å². The summed E-state index contributed by atoms with van der Waals surface area (Å²) in [5.41, 5.74) is 2.87. The molecule has 0 fully saturated rings. The Morgan fingerprint density at radius 1 is 0.958 bits per heavy atom. The Labute approximate surface area is 150 Å². The molecule has 0 unspecified atom stereocenters. The minimum absolute atomic E-state index is 0.317. The molecule has 0 aliphatic heterocycles. The molecule has 0 aliphatic carbocycles. The van der Waals surface area contributed by atoms with Crippen molar-refractivity contribution in [1.82, 2.24) is 4.98 Å². The van der Waals surface area contributed by atoms with E-state index < -0.39 is 20.1 Å². The molecule has 0 bridgehead atoms. The summed E-state index contributed by atoms with van der Waals surface area (Å²) in [7, 11) is 0. The van der Waals surface area contributed by atoms with Gasteiger partial charge in [-0.05, 0) is 0 Å². The minimum atomic E-state index is -2.40. The third-order valence-corrected chi connectivity index (χ3v) is 8.29. The van der Waals surface area contributed by atoms with Gasteiger partial charge in [0.25, 0.3) is 0 Å². The molecule has 1 aromatic heterocycles. The van der Waals surface area contributed by atoms with Gasteiger partial charge in [0.15, 0.2) is 0 Å². The van der Waals surface area contributed by atoms with E-state index in [1.807, 2.05) is 30.3 Å². The number of halogens is 1. The first kappa shape index (κ1) is 13.4. The molecular weight excluding hydrogens is 358 g/mol. The summed E-state index contributed by atoms with van der Waals surface area (Å²) in [6, 6.07) is 15.7. The van der Waals surface area contributed by atoms with Crippen molar-refractivity contribution in [2.75, 3.05) is 0 Å². The molecule has 0 radical (unpaired) electrons. The summed E-state index contributed by atoms with van der Waals surface area (Å²) < 4.78 is 39.1. The normalized spacial score (nSPS) is 13.9. The number of pyridine rings is 1. The number of nitrogens with zero attached hydrogens (tertiary/aromatic N) is 1. The number of rotatable bonds is 3. The molecule has 0 saturated carbocycles. The van der Waals surface area contributed by atoms with Gasteiger partial charge in [-0.25, -0.2) is 0 Å². The molecule has 0 N–H and O–H groups in total. The van der Waals surface area contributed by atoms with E-state index in [9.17, 15) is 4.39 Å². The molecular formula is C21H22FGeN. The van der Waals surface area contributed by atoms with Crippen molar-refractivity contribution in [3.63, 3.8) is 0 Å². The van der Waals surface area contributed by atoms with Crippen LogP contribution in [0.2, 0.25) is 17.3 Å². The third-order valence-electron chi connectivity index (χ3n) is 4.06. The quantitative estimate of drug-likeness (QED) is 0.552. The van der Waals surface area contributed by atoms with Crippen LogP contribution in [0.15, 0.2) is 60.8 Å². The van der Waals surface area contributed by atoms with Gasteiger partial charge in [0.05, 0.1) is 0 Å². The molecule has 24 heavy (non-hydrogen) atoms. The molecule has 0 spiro atoms.